The molecule has 6 heteroatoms. The van der Waals surface area contributed by atoms with Gasteiger partial charge >= 0.3 is 0 Å². The average Bonchev–Trinajstić information content (AvgIpc) is 3.06. The standard InChI is InChI=1S/C14H14N4OS/c1-8(2)18-14-10(7-16-18)9(13(15)19)6-11(17-14)12-4-3-5-20-12/h3-8H,1-2H3,(H2,15,19). The van der Waals surface area contributed by atoms with E-state index in [0.717, 1.165) is 10.6 Å². The molecular formula is C14H14N4OS. The third-order valence-electron chi connectivity index (χ3n) is 3.09. The zero-order valence-electron chi connectivity index (χ0n) is 11.2. The largest absolute Gasteiger partial charge is 0.366 e. The van der Waals surface area contributed by atoms with Crippen LogP contribution in [0.15, 0.2) is 29.8 Å². The van der Waals surface area contributed by atoms with Gasteiger partial charge in [0.1, 0.15) is 0 Å². The number of amides is 1. The summed E-state index contributed by atoms with van der Waals surface area (Å²) in [6.45, 7) is 4.05. The Morgan fingerprint density at radius 3 is 2.85 bits per heavy atom. The highest BCUT2D eigenvalue weighted by atomic mass is 32.1. The normalized spacial score (nSPS) is 11.3. The summed E-state index contributed by atoms with van der Waals surface area (Å²) in [5.74, 6) is -0.460. The van der Waals surface area contributed by atoms with Gasteiger partial charge in [0.25, 0.3) is 0 Å². The van der Waals surface area contributed by atoms with Crippen LogP contribution in [0.1, 0.15) is 30.2 Å². The van der Waals surface area contributed by atoms with Crippen LogP contribution in [0.3, 0.4) is 0 Å². The molecule has 3 rings (SSSR count). The van der Waals surface area contributed by atoms with Gasteiger partial charge in [0, 0.05) is 6.04 Å². The van der Waals surface area contributed by atoms with Crippen molar-refractivity contribution in [1.29, 1.82) is 0 Å². The van der Waals surface area contributed by atoms with E-state index in [2.05, 4.69) is 10.1 Å². The molecule has 3 aromatic rings. The first kappa shape index (κ1) is 12.8. The van der Waals surface area contributed by atoms with Crippen LogP contribution in [0.25, 0.3) is 21.6 Å². The van der Waals surface area contributed by atoms with Crippen molar-refractivity contribution in [3.05, 3.63) is 35.3 Å². The Morgan fingerprint density at radius 1 is 1.45 bits per heavy atom. The molecule has 0 aliphatic carbocycles. The molecule has 0 radical (unpaired) electrons. The zero-order valence-corrected chi connectivity index (χ0v) is 12.0. The Balaban J connectivity index is 2.33. The van der Waals surface area contributed by atoms with Crippen molar-refractivity contribution in [3.8, 4) is 10.6 Å². The van der Waals surface area contributed by atoms with Crippen LogP contribution in [-0.2, 0) is 0 Å². The van der Waals surface area contributed by atoms with Crippen molar-refractivity contribution >= 4 is 28.3 Å². The zero-order chi connectivity index (χ0) is 14.3. The second-order valence-electron chi connectivity index (χ2n) is 4.82. The molecule has 0 unspecified atom stereocenters. The molecule has 0 atom stereocenters. The number of thiophene rings is 1. The van der Waals surface area contributed by atoms with Crippen LogP contribution in [0, 0.1) is 0 Å². The van der Waals surface area contributed by atoms with Crippen molar-refractivity contribution in [2.75, 3.05) is 0 Å². The van der Waals surface area contributed by atoms with Gasteiger partial charge in [0.15, 0.2) is 5.65 Å². The number of pyridine rings is 1. The van der Waals surface area contributed by atoms with Crippen LogP contribution in [-0.4, -0.2) is 20.7 Å². The minimum absolute atomic E-state index is 0.166. The molecule has 0 saturated carbocycles. The number of aromatic nitrogens is 3. The molecule has 0 aliphatic heterocycles. The molecule has 0 bridgehead atoms. The van der Waals surface area contributed by atoms with E-state index in [1.54, 1.807) is 28.3 Å². The summed E-state index contributed by atoms with van der Waals surface area (Å²) >= 11 is 1.58. The van der Waals surface area contributed by atoms with Gasteiger partial charge in [-0.05, 0) is 31.4 Å². The molecule has 5 nitrogen and oxygen atoms in total. The van der Waals surface area contributed by atoms with Crippen molar-refractivity contribution in [2.24, 2.45) is 5.73 Å². The Hall–Kier alpha value is -2.21. The Labute approximate surface area is 120 Å². The number of nitrogens with zero attached hydrogens (tertiary/aromatic N) is 3. The van der Waals surface area contributed by atoms with Gasteiger partial charge in [0.05, 0.1) is 27.7 Å². The quantitative estimate of drug-likeness (QED) is 0.804. The Kier molecular flexibility index (Phi) is 3.02. The molecular weight excluding hydrogens is 272 g/mol. The predicted octanol–water partition coefficient (Wildman–Crippen LogP) is 2.84. The fourth-order valence-electron chi connectivity index (χ4n) is 2.15. The lowest BCUT2D eigenvalue weighted by Crippen LogP contribution is -2.12. The van der Waals surface area contributed by atoms with Gasteiger partial charge < -0.3 is 5.73 Å². The number of primary amides is 1. The van der Waals surface area contributed by atoms with Crippen molar-refractivity contribution in [3.63, 3.8) is 0 Å². The summed E-state index contributed by atoms with van der Waals surface area (Å²) in [7, 11) is 0. The van der Waals surface area contributed by atoms with Gasteiger partial charge in [0.2, 0.25) is 5.91 Å². The first-order chi connectivity index (χ1) is 9.58. The van der Waals surface area contributed by atoms with E-state index in [9.17, 15) is 4.79 Å². The van der Waals surface area contributed by atoms with E-state index in [0.29, 0.717) is 16.6 Å². The lowest BCUT2D eigenvalue weighted by atomic mass is 10.1. The summed E-state index contributed by atoms with van der Waals surface area (Å²) in [5.41, 5.74) is 7.40. The lowest BCUT2D eigenvalue weighted by Gasteiger charge is -2.08. The molecule has 0 spiro atoms. The lowest BCUT2D eigenvalue weighted by molar-refractivity contribution is 0.100. The highest BCUT2D eigenvalue weighted by Crippen LogP contribution is 2.28. The van der Waals surface area contributed by atoms with E-state index < -0.39 is 5.91 Å². The summed E-state index contributed by atoms with van der Waals surface area (Å²) in [4.78, 5) is 17.3. The average molecular weight is 286 g/mol. The summed E-state index contributed by atoms with van der Waals surface area (Å²) in [6, 6.07) is 5.83. The smallest absolute Gasteiger partial charge is 0.249 e. The van der Waals surface area contributed by atoms with Gasteiger partial charge in [-0.1, -0.05) is 6.07 Å². The van der Waals surface area contributed by atoms with E-state index in [4.69, 9.17) is 5.73 Å². The monoisotopic (exact) mass is 286 g/mol. The first-order valence-electron chi connectivity index (χ1n) is 6.30. The second-order valence-corrected chi connectivity index (χ2v) is 5.76. The van der Waals surface area contributed by atoms with Crippen LogP contribution < -0.4 is 5.73 Å². The maximum atomic E-state index is 11.7. The van der Waals surface area contributed by atoms with Gasteiger partial charge in [-0.15, -0.1) is 11.3 Å². The molecule has 3 heterocycles. The number of nitrogens with two attached hydrogens (primary N) is 1. The Bertz CT molecular complexity index is 774. The summed E-state index contributed by atoms with van der Waals surface area (Å²) in [6.07, 6.45) is 1.65. The van der Waals surface area contributed by atoms with Crippen molar-refractivity contribution < 1.29 is 4.79 Å². The molecule has 0 aromatic carbocycles. The number of fused-ring (bicyclic) bond motifs is 1. The predicted molar refractivity (Wildman–Crippen MR) is 79.7 cm³/mol. The van der Waals surface area contributed by atoms with Crippen LogP contribution >= 0.6 is 11.3 Å². The maximum absolute atomic E-state index is 11.7. The number of carbonyl (C=O) groups excluding carboxylic acids is 1. The molecule has 1 amide bonds. The molecule has 20 heavy (non-hydrogen) atoms. The van der Waals surface area contributed by atoms with Gasteiger partial charge in [-0.2, -0.15) is 5.10 Å². The Morgan fingerprint density at radius 2 is 2.25 bits per heavy atom. The van der Waals surface area contributed by atoms with Crippen LogP contribution in [0.2, 0.25) is 0 Å². The van der Waals surface area contributed by atoms with Crippen LogP contribution in [0.4, 0.5) is 0 Å². The number of rotatable bonds is 3. The summed E-state index contributed by atoms with van der Waals surface area (Å²) < 4.78 is 1.80. The van der Waals surface area contributed by atoms with Crippen LogP contribution in [0.5, 0.6) is 0 Å². The van der Waals surface area contributed by atoms with E-state index in [1.165, 1.54) is 0 Å². The third kappa shape index (κ3) is 1.98. The van der Waals surface area contributed by atoms with Crippen molar-refractivity contribution in [2.45, 2.75) is 19.9 Å². The van der Waals surface area contributed by atoms with Gasteiger partial charge in [-0.3, -0.25) is 4.79 Å². The number of hydrogen-bond donors (Lipinski definition) is 1. The minimum Gasteiger partial charge on any atom is -0.366 e. The third-order valence-corrected chi connectivity index (χ3v) is 3.99. The molecule has 0 fully saturated rings. The number of carbonyl (C=O) groups is 1. The maximum Gasteiger partial charge on any atom is 0.249 e. The summed E-state index contributed by atoms with van der Waals surface area (Å²) in [5, 5.41) is 6.99. The molecule has 0 saturated heterocycles. The highest BCUT2D eigenvalue weighted by molar-refractivity contribution is 7.13. The molecule has 0 aliphatic rings. The SMILES string of the molecule is CC(C)n1ncc2c(C(N)=O)cc(-c3cccs3)nc21. The molecule has 2 N–H and O–H groups in total. The highest BCUT2D eigenvalue weighted by Gasteiger charge is 2.16. The van der Waals surface area contributed by atoms with E-state index >= 15 is 0 Å². The topological polar surface area (TPSA) is 73.8 Å². The fraction of sp³-hybridized carbons (Fsp3) is 0.214. The fourth-order valence-corrected chi connectivity index (χ4v) is 2.84. The van der Waals surface area contributed by atoms with Crippen molar-refractivity contribution in [1.82, 2.24) is 14.8 Å². The first-order valence-corrected chi connectivity index (χ1v) is 7.18. The van der Waals surface area contributed by atoms with E-state index in [-0.39, 0.29) is 6.04 Å². The minimum atomic E-state index is -0.460. The van der Waals surface area contributed by atoms with Gasteiger partial charge in [-0.25, -0.2) is 9.67 Å². The molecule has 102 valence electrons. The second kappa shape index (κ2) is 4.72. The number of hydrogen-bond acceptors (Lipinski definition) is 4. The van der Waals surface area contributed by atoms with E-state index in [1.807, 2.05) is 31.4 Å². The molecule has 3 aromatic heterocycles.